The first-order chi connectivity index (χ1) is 10.0. The third kappa shape index (κ3) is 4.14. The van der Waals surface area contributed by atoms with Crippen molar-refractivity contribution in [2.24, 2.45) is 0 Å². The third-order valence-corrected chi connectivity index (χ3v) is 5.40. The molecule has 2 rings (SSSR count). The molecule has 0 saturated carbocycles. The SMILES string of the molecule is CCCCc1noc(CS(=O)(=O)C(C)c2ccccc2)n1. The summed E-state index contributed by atoms with van der Waals surface area (Å²) < 4.78 is 29.8. The van der Waals surface area contributed by atoms with Gasteiger partial charge in [0.25, 0.3) is 0 Å². The molecule has 1 atom stereocenters. The van der Waals surface area contributed by atoms with Gasteiger partial charge in [0.2, 0.25) is 5.89 Å². The van der Waals surface area contributed by atoms with Crippen LogP contribution in [0.15, 0.2) is 34.9 Å². The van der Waals surface area contributed by atoms with Crippen LogP contribution in [0.2, 0.25) is 0 Å². The number of rotatable bonds is 7. The number of aromatic nitrogens is 2. The zero-order chi connectivity index (χ0) is 15.3. The zero-order valence-corrected chi connectivity index (χ0v) is 13.1. The molecule has 1 heterocycles. The van der Waals surface area contributed by atoms with E-state index in [1.807, 2.05) is 30.3 Å². The molecule has 1 unspecified atom stereocenters. The van der Waals surface area contributed by atoms with Crippen molar-refractivity contribution in [2.75, 3.05) is 0 Å². The van der Waals surface area contributed by atoms with Crippen LogP contribution >= 0.6 is 0 Å². The van der Waals surface area contributed by atoms with Gasteiger partial charge in [-0.15, -0.1) is 0 Å². The Bertz CT molecular complexity index is 665. The normalized spacial score (nSPS) is 13.2. The second kappa shape index (κ2) is 6.85. The van der Waals surface area contributed by atoms with Crippen molar-refractivity contribution in [3.63, 3.8) is 0 Å². The highest BCUT2D eigenvalue weighted by atomic mass is 32.2. The van der Waals surface area contributed by atoms with Crippen LogP contribution in [0.3, 0.4) is 0 Å². The molecule has 0 aliphatic carbocycles. The van der Waals surface area contributed by atoms with Gasteiger partial charge in [-0.2, -0.15) is 4.98 Å². The minimum absolute atomic E-state index is 0.170. The molecule has 0 saturated heterocycles. The number of aryl methyl sites for hydroxylation is 1. The Labute approximate surface area is 125 Å². The van der Waals surface area contributed by atoms with E-state index in [0.29, 0.717) is 12.2 Å². The highest BCUT2D eigenvalue weighted by Crippen LogP contribution is 2.24. The summed E-state index contributed by atoms with van der Waals surface area (Å²) in [7, 11) is -3.37. The lowest BCUT2D eigenvalue weighted by molar-refractivity contribution is 0.382. The zero-order valence-electron chi connectivity index (χ0n) is 12.3. The Hall–Kier alpha value is -1.69. The predicted molar refractivity (Wildman–Crippen MR) is 80.4 cm³/mol. The Morgan fingerprint density at radius 2 is 1.95 bits per heavy atom. The lowest BCUT2D eigenvalue weighted by Gasteiger charge is -2.11. The van der Waals surface area contributed by atoms with Crippen LogP contribution in [-0.2, 0) is 22.0 Å². The van der Waals surface area contributed by atoms with Crippen molar-refractivity contribution in [2.45, 2.75) is 44.1 Å². The maximum Gasteiger partial charge on any atom is 0.241 e. The first-order valence-electron chi connectivity index (χ1n) is 7.11. The van der Waals surface area contributed by atoms with E-state index in [9.17, 15) is 8.42 Å². The molecule has 0 fully saturated rings. The van der Waals surface area contributed by atoms with Crippen molar-refractivity contribution in [1.82, 2.24) is 10.1 Å². The van der Waals surface area contributed by atoms with Crippen LogP contribution < -0.4 is 0 Å². The number of hydrogen-bond donors (Lipinski definition) is 0. The molecule has 0 amide bonds. The summed E-state index contributed by atoms with van der Waals surface area (Å²) in [5.74, 6) is 0.528. The predicted octanol–water partition coefficient (Wildman–Crippen LogP) is 3.09. The lowest BCUT2D eigenvalue weighted by Crippen LogP contribution is -2.13. The summed E-state index contributed by atoms with van der Waals surface area (Å²) in [6.45, 7) is 3.76. The number of sulfone groups is 1. The van der Waals surface area contributed by atoms with Gasteiger partial charge in [0.1, 0.15) is 5.75 Å². The van der Waals surface area contributed by atoms with Gasteiger partial charge in [0.05, 0.1) is 5.25 Å². The summed E-state index contributed by atoms with van der Waals surface area (Å²) in [5, 5.41) is 3.23. The van der Waals surface area contributed by atoms with Gasteiger partial charge in [-0.1, -0.05) is 48.8 Å². The minimum Gasteiger partial charge on any atom is -0.338 e. The first kappa shape index (κ1) is 15.7. The molecule has 114 valence electrons. The van der Waals surface area contributed by atoms with E-state index in [4.69, 9.17) is 4.52 Å². The molecule has 6 heteroatoms. The Morgan fingerprint density at radius 3 is 2.62 bits per heavy atom. The second-order valence-electron chi connectivity index (χ2n) is 5.07. The molecule has 0 bridgehead atoms. The van der Waals surface area contributed by atoms with Crippen LogP contribution in [0.5, 0.6) is 0 Å². The van der Waals surface area contributed by atoms with Gasteiger partial charge in [0, 0.05) is 6.42 Å². The van der Waals surface area contributed by atoms with Gasteiger partial charge in [-0.05, 0) is 18.9 Å². The van der Waals surface area contributed by atoms with Crippen molar-refractivity contribution in [3.05, 3.63) is 47.6 Å². The smallest absolute Gasteiger partial charge is 0.241 e. The maximum atomic E-state index is 12.4. The van der Waals surface area contributed by atoms with Crippen LogP contribution in [0.25, 0.3) is 0 Å². The molecule has 0 N–H and O–H groups in total. The van der Waals surface area contributed by atoms with Gasteiger partial charge >= 0.3 is 0 Å². The van der Waals surface area contributed by atoms with E-state index in [1.165, 1.54) is 0 Å². The second-order valence-corrected chi connectivity index (χ2v) is 7.39. The summed E-state index contributed by atoms with van der Waals surface area (Å²) >= 11 is 0. The number of nitrogens with zero attached hydrogens (tertiary/aromatic N) is 2. The van der Waals surface area contributed by atoms with Gasteiger partial charge in [0.15, 0.2) is 15.7 Å². The Balaban J connectivity index is 2.08. The monoisotopic (exact) mass is 308 g/mol. The highest BCUT2D eigenvalue weighted by Gasteiger charge is 2.25. The van der Waals surface area contributed by atoms with Crippen molar-refractivity contribution in [3.8, 4) is 0 Å². The molecule has 0 aliphatic heterocycles. The summed E-state index contributed by atoms with van der Waals surface area (Å²) in [6, 6.07) is 9.14. The van der Waals surface area contributed by atoms with Crippen LogP contribution in [0, 0.1) is 0 Å². The summed E-state index contributed by atoms with van der Waals surface area (Å²) in [4.78, 5) is 4.15. The number of unbranched alkanes of at least 4 members (excludes halogenated alkanes) is 1. The Kier molecular flexibility index (Phi) is 5.12. The van der Waals surface area contributed by atoms with Gasteiger partial charge in [-0.3, -0.25) is 0 Å². The van der Waals surface area contributed by atoms with Crippen LogP contribution in [0.1, 0.15) is 49.2 Å². The Morgan fingerprint density at radius 1 is 1.24 bits per heavy atom. The molecule has 5 nitrogen and oxygen atoms in total. The fraction of sp³-hybridized carbons (Fsp3) is 0.467. The molecular formula is C15H20N2O3S. The summed E-state index contributed by atoms with van der Waals surface area (Å²) in [6.07, 6.45) is 2.72. The van der Waals surface area contributed by atoms with Crippen LogP contribution in [-0.4, -0.2) is 18.6 Å². The van der Waals surface area contributed by atoms with Crippen molar-refractivity contribution in [1.29, 1.82) is 0 Å². The van der Waals surface area contributed by atoms with Gasteiger partial charge < -0.3 is 4.52 Å². The highest BCUT2D eigenvalue weighted by molar-refractivity contribution is 7.90. The van der Waals surface area contributed by atoms with Crippen molar-refractivity contribution < 1.29 is 12.9 Å². The maximum absolute atomic E-state index is 12.4. The average Bonchev–Trinajstić information content (AvgIpc) is 2.92. The fourth-order valence-corrected chi connectivity index (χ4v) is 3.30. The van der Waals surface area contributed by atoms with Gasteiger partial charge in [-0.25, -0.2) is 8.42 Å². The largest absolute Gasteiger partial charge is 0.338 e. The quantitative estimate of drug-likeness (QED) is 0.786. The van der Waals surface area contributed by atoms with Crippen molar-refractivity contribution >= 4 is 9.84 Å². The molecule has 21 heavy (non-hydrogen) atoms. The van der Waals surface area contributed by atoms with Crippen LogP contribution in [0.4, 0.5) is 0 Å². The third-order valence-electron chi connectivity index (χ3n) is 3.40. The number of benzene rings is 1. The first-order valence-corrected chi connectivity index (χ1v) is 8.82. The fourth-order valence-electron chi connectivity index (χ4n) is 2.01. The lowest BCUT2D eigenvalue weighted by atomic mass is 10.2. The molecule has 0 aliphatic rings. The standard InChI is InChI=1S/C15H20N2O3S/c1-3-4-10-14-16-15(20-17-14)11-21(18,19)12(2)13-8-6-5-7-9-13/h5-9,12H,3-4,10-11H2,1-2H3. The molecular weight excluding hydrogens is 288 g/mol. The van der Waals surface area contributed by atoms with E-state index in [1.54, 1.807) is 6.92 Å². The van der Waals surface area contributed by atoms with E-state index < -0.39 is 15.1 Å². The minimum atomic E-state index is -3.37. The molecule has 1 aromatic heterocycles. The molecule has 2 aromatic rings. The number of hydrogen-bond acceptors (Lipinski definition) is 5. The van der Waals surface area contributed by atoms with E-state index in [0.717, 1.165) is 18.4 Å². The van der Waals surface area contributed by atoms with E-state index >= 15 is 0 Å². The average molecular weight is 308 g/mol. The molecule has 1 aromatic carbocycles. The van der Waals surface area contributed by atoms with E-state index in [-0.39, 0.29) is 11.6 Å². The van der Waals surface area contributed by atoms with E-state index in [2.05, 4.69) is 17.1 Å². The summed E-state index contributed by atoms with van der Waals surface area (Å²) in [5.41, 5.74) is 0.767. The molecule has 0 radical (unpaired) electrons. The topological polar surface area (TPSA) is 73.1 Å². The molecule has 0 spiro atoms.